The van der Waals surface area contributed by atoms with Crippen LogP contribution in [0.25, 0.3) is 0 Å². The van der Waals surface area contributed by atoms with Crippen LogP contribution in [-0.4, -0.2) is 28.4 Å². The Kier molecular flexibility index (Phi) is 2.56. The van der Waals surface area contributed by atoms with Gasteiger partial charge in [0.2, 0.25) is 0 Å². The molecule has 0 bridgehead atoms. The van der Waals surface area contributed by atoms with Gasteiger partial charge < -0.3 is 5.11 Å². The summed E-state index contributed by atoms with van der Waals surface area (Å²) in [5.41, 5.74) is -0.690. The molecule has 1 N–H and O–H groups in total. The lowest BCUT2D eigenvalue weighted by Crippen LogP contribution is -2.51. The average Bonchev–Trinajstić information content (AvgIpc) is 2.13. The summed E-state index contributed by atoms with van der Waals surface area (Å²) in [5, 5.41) is 9.19. The van der Waals surface area contributed by atoms with Crippen LogP contribution >= 0.6 is 11.8 Å². The highest BCUT2D eigenvalue weighted by Crippen LogP contribution is 2.49. The van der Waals surface area contributed by atoms with Crippen molar-refractivity contribution in [1.29, 1.82) is 0 Å². The predicted octanol–water partition coefficient (Wildman–Crippen LogP) is 1.56. The predicted molar refractivity (Wildman–Crippen MR) is 54.4 cm³/mol. The van der Waals surface area contributed by atoms with Crippen molar-refractivity contribution in [3.63, 3.8) is 0 Å². The van der Waals surface area contributed by atoms with Crippen LogP contribution in [0.5, 0.6) is 0 Å². The summed E-state index contributed by atoms with van der Waals surface area (Å²) in [5.74, 6) is 1.63. The van der Waals surface area contributed by atoms with Gasteiger partial charge in [0.1, 0.15) is 5.78 Å². The van der Waals surface area contributed by atoms with Crippen molar-refractivity contribution in [2.75, 3.05) is 11.5 Å². The van der Waals surface area contributed by atoms with Gasteiger partial charge in [-0.2, -0.15) is 11.8 Å². The number of aliphatic carboxylic acids is 1. The highest BCUT2D eigenvalue weighted by Gasteiger charge is 2.55. The molecular formula is C10H14O3S. The van der Waals surface area contributed by atoms with Gasteiger partial charge in [0.05, 0.1) is 5.41 Å². The number of hydrogen-bond acceptors (Lipinski definition) is 3. The van der Waals surface area contributed by atoms with E-state index < -0.39 is 11.4 Å². The first-order valence-corrected chi connectivity index (χ1v) is 6.13. The highest BCUT2D eigenvalue weighted by atomic mass is 32.2. The molecule has 4 heteroatoms. The van der Waals surface area contributed by atoms with Crippen molar-refractivity contribution in [2.24, 2.45) is 11.3 Å². The lowest BCUT2D eigenvalue weighted by molar-refractivity contribution is -0.165. The Labute approximate surface area is 87.3 Å². The van der Waals surface area contributed by atoms with Gasteiger partial charge in [-0.1, -0.05) is 0 Å². The zero-order valence-corrected chi connectivity index (χ0v) is 8.81. The molecule has 78 valence electrons. The summed E-state index contributed by atoms with van der Waals surface area (Å²) in [6.07, 6.45) is 2.62. The van der Waals surface area contributed by atoms with Gasteiger partial charge in [-0.3, -0.25) is 9.59 Å². The summed E-state index contributed by atoms with van der Waals surface area (Å²) >= 11 is 1.82. The van der Waals surface area contributed by atoms with Gasteiger partial charge in [-0.25, -0.2) is 0 Å². The van der Waals surface area contributed by atoms with Crippen LogP contribution in [0.1, 0.15) is 25.7 Å². The van der Waals surface area contributed by atoms with Gasteiger partial charge in [0, 0.05) is 12.8 Å². The monoisotopic (exact) mass is 214 g/mol. The number of carboxylic acids is 1. The Balaban J connectivity index is 2.10. The van der Waals surface area contributed by atoms with E-state index in [9.17, 15) is 14.7 Å². The third-order valence-corrected chi connectivity index (χ3v) is 4.61. The number of carboxylic acid groups (broad SMARTS) is 1. The van der Waals surface area contributed by atoms with Crippen LogP contribution in [0, 0.1) is 11.3 Å². The molecule has 1 saturated carbocycles. The van der Waals surface area contributed by atoms with Crippen molar-refractivity contribution in [3.8, 4) is 0 Å². The van der Waals surface area contributed by atoms with Crippen LogP contribution < -0.4 is 0 Å². The minimum atomic E-state index is -0.760. The third kappa shape index (κ3) is 1.45. The standard InChI is InChI=1S/C10H14O3S/c11-8-4-10(5-8,9(12)13)7-2-1-3-14-6-7/h7H,1-6H2,(H,12,13). The van der Waals surface area contributed by atoms with Crippen LogP contribution in [0.4, 0.5) is 0 Å². The van der Waals surface area contributed by atoms with E-state index in [1.807, 2.05) is 11.8 Å². The largest absolute Gasteiger partial charge is 0.481 e. The maximum Gasteiger partial charge on any atom is 0.310 e. The van der Waals surface area contributed by atoms with E-state index in [0.717, 1.165) is 24.3 Å². The first-order valence-electron chi connectivity index (χ1n) is 4.98. The molecule has 1 atom stereocenters. The molecule has 1 unspecified atom stereocenters. The van der Waals surface area contributed by atoms with Crippen LogP contribution in [0.15, 0.2) is 0 Å². The lowest BCUT2D eigenvalue weighted by Gasteiger charge is -2.44. The molecule has 1 heterocycles. The Morgan fingerprint density at radius 1 is 1.50 bits per heavy atom. The first-order chi connectivity index (χ1) is 6.65. The molecule has 2 rings (SSSR count). The van der Waals surface area contributed by atoms with Crippen molar-refractivity contribution in [1.82, 2.24) is 0 Å². The summed E-state index contributed by atoms with van der Waals surface area (Å²) in [6.45, 7) is 0. The third-order valence-electron chi connectivity index (χ3n) is 3.39. The SMILES string of the molecule is O=C1CC(C(=O)O)(C2CCCSC2)C1. The van der Waals surface area contributed by atoms with E-state index in [1.165, 1.54) is 0 Å². The molecule has 3 nitrogen and oxygen atoms in total. The number of rotatable bonds is 2. The fourth-order valence-electron chi connectivity index (χ4n) is 2.44. The van der Waals surface area contributed by atoms with Gasteiger partial charge in [-0.05, 0) is 30.3 Å². The quantitative estimate of drug-likeness (QED) is 0.758. The van der Waals surface area contributed by atoms with Crippen LogP contribution in [0.2, 0.25) is 0 Å². The Morgan fingerprint density at radius 3 is 2.64 bits per heavy atom. The molecule has 1 saturated heterocycles. The fraction of sp³-hybridized carbons (Fsp3) is 0.800. The molecule has 1 aliphatic carbocycles. The summed E-state index contributed by atoms with van der Waals surface area (Å²) in [6, 6.07) is 0. The average molecular weight is 214 g/mol. The maximum absolute atomic E-state index is 11.2. The second-order valence-corrected chi connectivity index (χ2v) is 5.42. The normalized spacial score (nSPS) is 30.9. The second kappa shape index (κ2) is 3.57. The zero-order chi connectivity index (χ0) is 10.2. The Bertz CT molecular complexity index is 261. The van der Waals surface area contributed by atoms with E-state index in [-0.39, 0.29) is 24.5 Å². The Morgan fingerprint density at radius 2 is 2.21 bits per heavy atom. The second-order valence-electron chi connectivity index (χ2n) is 4.27. The smallest absolute Gasteiger partial charge is 0.310 e. The lowest BCUT2D eigenvalue weighted by atomic mass is 9.59. The van der Waals surface area contributed by atoms with Gasteiger partial charge >= 0.3 is 5.97 Å². The molecule has 0 amide bonds. The summed E-state index contributed by atoms with van der Waals surface area (Å²) in [4.78, 5) is 22.2. The number of ketones is 1. The van der Waals surface area contributed by atoms with Gasteiger partial charge in [0.25, 0.3) is 0 Å². The number of carbonyl (C=O) groups is 2. The molecule has 0 spiro atoms. The molecule has 0 aromatic rings. The van der Waals surface area contributed by atoms with Crippen LogP contribution in [-0.2, 0) is 9.59 Å². The zero-order valence-electron chi connectivity index (χ0n) is 7.99. The van der Waals surface area contributed by atoms with Crippen LogP contribution in [0.3, 0.4) is 0 Å². The molecule has 0 aromatic carbocycles. The minimum Gasteiger partial charge on any atom is -0.481 e. The number of thioether (sulfide) groups is 1. The van der Waals surface area contributed by atoms with Gasteiger partial charge in [-0.15, -0.1) is 0 Å². The summed E-state index contributed by atoms with van der Waals surface area (Å²) < 4.78 is 0. The molecular weight excluding hydrogens is 200 g/mol. The maximum atomic E-state index is 11.2. The number of carbonyl (C=O) groups excluding carboxylic acids is 1. The van der Waals surface area contributed by atoms with Crippen molar-refractivity contribution < 1.29 is 14.7 Å². The molecule has 1 aliphatic heterocycles. The number of Topliss-reactive ketones (excluding diaryl/α,β-unsaturated/α-hetero) is 1. The summed E-state index contributed by atoms with van der Waals surface area (Å²) in [7, 11) is 0. The fourth-order valence-corrected chi connectivity index (χ4v) is 3.75. The minimum absolute atomic E-state index is 0.114. The molecule has 2 fully saturated rings. The van der Waals surface area contributed by atoms with Crippen molar-refractivity contribution >= 4 is 23.5 Å². The molecule has 0 aromatic heterocycles. The highest BCUT2D eigenvalue weighted by molar-refractivity contribution is 7.99. The van der Waals surface area contributed by atoms with E-state index >= 15 is 0 Å². The molecule has 0 radical (unpaired) electrons. The molecule has 2 aliphatic rings. The first kappa shape index (κ1) is 10.0. The van der Waals surface area contributed by atoms with Crippen molar-refractivity contribution in [3.05, 3.63) is 0 Å². The Hall–Kier alpha value is -0.510. The molecule has 14 heavy (non-hydrogen) atoms. The number of hydrogen-bond donors (Lipinski definition) is 1. The van der Waals surface area contributed by atoms with E-state index in [0.29, 0.717) is 0 Å². The topological polar surface area (TPSA) is 54.4 Å². The van der Waals surface area contributed by atoms with E-state index in [4.69, 9.17) is 0 Å². The van der Waals surface area contributed by atoms with Gasteiger partial charge in [0.15, 0.2) is 0 Å². The van der Waals surface area contributed by atoms with Crippen molar-refractivity contribution in [2.45, 2.75) is 25.7 Å². The van der Waals surface area contributed by atoms with E-state index in [2.05, 4.69) is 0 Å². The van der Waals surface area contributed by atoms with E-state index in [1.54, 1.807) is 0 Å².